The standard InChI is InChI=1S/C9H12BrNS/c1-6-5-11-3-2-8-7(6)4-9(10)12-8/h4,6,11H,2-3,5H2,1H3. The minimum Gasteiger partial charge on any atom is -0.316 e. The quantitative estimate of drug-likeness (QED) is 0.742. The number of fused-ring (bicyclic) bond motifs is 1. The molecule has 1 N–H and O–H groups in total. The van der Waals surface area contributed by atoms with Crippen molar-refractivity contribution < 1.29 is 0 Å². The van der Waals surface area contributed by atoms with E-state index in [0.717, 1.165) is 13.1 Å². The summed E-state index contributed by atoms with van der Waals surface area (Å²) in [5.74, 6) is 0.671. The first kappa shape index (κ1) is 8.73. The molecule has 3 heteroatoms. The number of hydrogen-bond acceptors (Lipinski definition) is 2. The molecular formula is C9H12BrNS. The summed E-state index contributed by atoms with van der Waals surface area (Å²) in [7, 11) is 0. The zero-order valence-corrected chi connectivity index (χ0v) is 9.46. The molecule has 1 nitrogen and oxygen atoms in total. The van der Waals surface area contributed by atoms with Gasteiger partial charge in [-0.15, -0.1) is 11.3 Å². The molecule has 0 aromatic carbocycles. The van der Waals surface area contributed by atoms with Crippen LogP contribution in [-0.4, -0.2) is 13.1 Å². The first-order valence-electron chi connectivity index (χ1n) is 4.26. The van der Waals surface area contributed by atoms with Crippen LogP contribution in [0.3, 0.4) is 0 Å². The average Bonchev–Trinajstić information content (AvgIpc) is 2.33. The third-order valence-corrected chi connectivity index (χ3v) is 4.04. The molecule has 1 aliphatic heterocycles. The van der Waals surface area contributed by atoms with Crippen LogP contribution in [0.15, 0.2) is 9.85 Å². The van der Waals surface area contributed by atoms with E-state index in [4.69, 9.17) is 0 Å². The molecule has 1 atom stereocenters. The van der Waals surface area contributed by atoms with E-state index in [-0.39, 0.29) is 0 Å². The first-order valence-corrected chi connectivity index (χ1v) is 5.87. The predicted octanol–water partition coefficient (Wildman–Crippen LogP) is 2.76. The maximum absolute atomic E-state index is 3.54. The van der Waals surface area contributed by atoms with E-state index in [2.05, 4.69) is 34.2 Å². The van der Waals surface area contributed by atoms with Gasteiger partial charge in [0.2, 0.25) is 0 Å². The van der Waals surface area contributed by atoms with E-state index in [1.165, 1.54) is 15.8 Å². The zero-order valence-electron chi connectivity index (χ0n) is 7.06. The third kappa shape index (κ3) is 1.58. The van der Waals surface area contributed by atoms with Gasteiger partial charge >= 0.3 is 0 Å². The van der Waals surface area contributed by atoms with Crippen LogP contribution in [-0.2, 0) is 6.42 Å². The van der Waals surface area contributed by atoms with Gasteiger partial charge in [-0.25, -0.2) is 0 Å². The molecule has 0 saturated heterocycles. The molecule has 1 unspecified atom stereocenters. The van der Waals surface area contributed by atoms with Crippen molar-refractivity contribution in [2.24, 2.45) is 0 Å². The Kier molecular flexibility index (Phi) is 2.53. The molecule has 0 aliphatic carbocycles. The van der Waals surface area contributed by atoms with Gasteiger partial charge in [-0.3, -0.25) is 0 Å². The van der Waals surface area contributed by atoms with Crippen molar-refractivity contribution in [3.05, 3.63) is 20.3 Å². The van der Waals surface area contributed by atoms with E-state index in [1.54, 1.807) is 4.88 Å². The number of hydrogen-bond donors (Lipinski definition) is 1. The Labute approximate surface area is 85.3 Å². The maximum atomic E-state index is 3.54. The van der Waals surface area contributed by atoms with Crippen molar-refractivity contribution in [2.45, 2.75) is 19.3 Å². The van der Waals surface area contributed by atoms with Gasteiger partial charge in [0.25, 0.3) is 0 Å². The second-order valence-corrected chi connectivity index (χ2v) is 5.80. The van der Waals surface area contributed by atoms with Crippen LogP contribution in [0.1, 0.15) is 23.3 Å². The number of thiophene rings is 1. The first-order chi connectivity index (χ1) is 5.77. The van der Waals surface area contributed by atoms with Gasteiger partial charge in [-0.05, 0) is 46.4 Å². The topological polar surface area (TPSA) is 12.0 Å². The highest BCUT2D eigenvalue weighted by Crippen LogP contribution is 2.33. The fourth-order valence-corrected chi connectivity index (χ4v) is 3.49. The maximum Gasteiger partial charge on any atom is 0.0704 e. The van der Waals surface area contributed by atoms with E-state index < -0.39 is 0 Å². The van der Waals surface area contributed by atoms with Crippen LogP contribution in [0.25, 0.3) is 0 Å². The lowest BCUT2D eigenvalue weighted by molar-refractivity contribution is 0.644. The summed E-state index contributed by atoms with van der Waals surface area (Å²) < 4.78 is 1.28. The van der Waals surface area contributed by atoms with Crippen molar-refractivity contribution >= 4 is 27.3 Å². The molecule has 0 radical (unpaired) electrons. The van der Waals surface area contributed by atoms with Gasteiger partial charge in [0.15, 0.2) is 0 Å². The smallest absolute Gasteiger partial charge is 0.0704 e. The molecule has 1 aromatic rings. The van der Waals surface area contributed by atoms with Crippen LogP contribution in [0.5, 0.6) is 0 Å². The Bertz CT molecular complexity index is 282. The Balaban J connectivity index is 2.38. The summed E-state index contributed by atoms with van der Waals surface area (Å²) in [6, 6.07) is 2.28. The molecule has 0 fully saturated rings. The van der Waals surface area contributed by atoms with Gasteiger partial charge < -0.3 is 5.32 Å². The highest BCUT2D eigenvalue weighted by atomic mass is 79.9. The Hall–Kier alpha value is 0.140. The van der Waals surface area contributed by atoms with E-state index in [0.29, 0.717) is 5.92 Å². The Morgan fingerprint density at radius 2 is 2.50 bits per heavy atom. The largest absolute Gasteiger partial charge is 0.316 e. The molecule has 0 amide bonds. The molecule has 66 valence electrons. The van der Waals surface area contributed by atoms with Gasteiger partial charge in [-0.1, -0.05) is 6.92 Å². The number of rotatable bonds is 0. The van der Waals surface area contributed by atoms with Crippen molar-refractivity contribution in [2.75, 3.05) is 13.1 Å². The SMILES string of the molecule is CC1CNCCc2sc(Br)cc21. The van der Waals surface area contributed by atoms with Crippen LogP contribution in [0.4, 0.5) is 0 Å². The van der Waals surface area contributed by atoms with Crippen molar-refractivity contribution in [1.29, 1.82) is 0 Å². The molecule has 2 heterocycles. The fraction of sp³-hybridized carbons (Fsp3) is 0.556. The van der Waals surface area contributed by atoms with Gasteiger partial charge in [0.1, 0.15) is 0 Å². The molecule has 12 heavy (non-hydrogen) atoms. The van der Waals surface area contributed by atoms with E-state index >= 15 is 0 Å². The lowest BCUT2D eigenvalue weighted by Crippen LogP contribution is -2.18. The van der Waals surface area contributed by atoms with Crippen molar-refractivity contribution in [3.8, 4) is 0 Å². The van der Waals surface area contributed by atoms with Crippen LogP contribution < -0.4 is 5.32 Å². The van der Waals surface area contributed by atoms with Crippen LogP contribution in [0.2, 0.25) is 0 Å². The Morgan fingerprint density at radius 3 is 3.33 bits per heavy atom. The molecule has 0 saturated carbocycles. The van der Waals surface area contributed by atoms with Gasteiger partial charge in [0, 0.05) is 11.4 Å². The van der Waals surface area contributed by atoms with Gasteiger partial charge in [-0.2, -0.15) is 0 Å². The minimum atomic E-state index is 0.671. The predicted molar refractivity (Wildman–Crippen MR) is 57.0 cm³/mol. The summed E-state index contributed by atoms with van der Waals surface area (Å²) in [6.07, 6.45) is 1.19. The second kappa shape index (κ2) is 3.48. The zero-order chi connectivity index (χ0) is 8.55. The monoisotopic (exact) mass is 245 g/mol. The number of nitrogens with one attached hydrogen (secondary N) is 1. The molecular weight excluding hydrogens is 234 g/mol. The Morgan fingerprint density at radius 1 is 1.67 bits per heavy atom. The summed E-state index contributed by atoms with van der Waals surface area (Å²) in [4.78, 5) is 1.55. The summed E-state index contributed by atoms with van der Waals surface area (Å²) >= 11 is 5.43. The molecule has 1 aliphatic rings. The normalized spacial score (nSPS) is 23.3. The van der Waals surface area contributed by atoms with Crippen molar-refractivity contribution in [3.63, 3.8) is 0 Å². The second-order valence-electron chi connectivity index (χ2n) is 3.28. The molecule has 0 bridgehead atoms. The minimum absolute atomic E-state index is 0.671. The molecule has 1 aromatic heterocycles. The lowest BCUT2D eigenvalue weighted by atomic mass is 10.0. The van der Waals surface area contributed by atoms with Crippen LogP contribution in [0, 0.1) is 0 Å². The van der Waals surface area contributed by atoms with E-state index in [9.17, 15) is 0 Å². The number of halogens is 1. The highest BCUT2D eigenvalue weighted by Gasteiger charge is 2.16. The summed E-state index contributed by atoms with van der Waals surface area (Å²) in [5.41, 5.74) is 1.54. The molecule has 0 spiro atoms. The van der Waals surface area contributed by atoms with Crippen LogP contribution >= 0.6 is 27.3 Å². The summed E-state index contributed by atoms with van der Waals surface area (Å²) in [5, 5.41) is 3.44. The highest BCUT2D eigenvalue weighted by molar-refractivity contribution is 9.11. The fourth-order valence-electron chi connectivity index (χ4n) is 1.65. The average molecular weight is 246 g/mol. The summed E-state index contributed by atoms with van der Waals surface area (Å²) in [6.45, 7) is 4.54. The third-order valence-electron chi connectivity index (χ3n) is 2.32. The van der Waals surface area contributed by atoms with Crippen molar-refractivity contribution in [1.82, 2.24) is 5.32 Å². The van der Waals surface area contributed by atoms with Gasteiger partial charge in [0.05, 0.1) is 3.79 Å². The lowest BCUT2D eigenvalue weighted by Gasteiger charge is -2.06. The van der Waals surface area contributed by atoms with E-state index in [1.807, 2.05) is 11.3 Å². The molecule has 2 rings (SSSR count).